The van der Waals surface area contributed by atoms with Crippen LogP contribution < -0.4 is 20.1 Å². The Kier molecular flexibility index (Phi) is 4.31. The minimum Gasteiger partial charge on any atom is -0.486 e. The summed E-state index contributed by atoms with van der Waals surface area (Å²) in [5.74, 6) is 1.26. The lowest BCUT2D eigenvalue weighted by molar-refractivity contribution is -0.117. The molecule has 0 atom stereocenters. The van der Waals surface area contributed by atoms with Crippen LogP contribution in [0.15, 0.2) is 30.3 Å². The third-order valence-corrected chi connectivity index (χ3v) is 4.41. The fraction of sp³-hybridized carbons (Fsp3) is 0.312. The van der Waals surface area contributed by atoms with Gasteiger partial charge in [-0.1, -0.05) is 0 Å². The third-order valence-electron chi connectivity index (χ3n) is 3.42. The number of nitrogens with two attached hydrogens (primary N) is 1. The van der Waals surface area contributed by atoms with Crippen LogP contribution in [0.3, 0.4) is 0 Å². The second-order valence-electron chi connectivity index (χ2n) is 5.02. The number of thiophene rings is 1. The molecule has 1 aliphatic heterocycles. The van der Waals surface area contributed by atoms with Crippen LogP contribution in [0.25, 0.3) is 0 Å². The zero-order valence-corrected chi connectivity index (χ0v) is 13.2. The zero-order valence-electron chi connectivity index (χ0n) is 12.4. The van der Waals surface area contributed by atoms with Crippen molar-refractivity contribution in [2.75, 3.05) is 24.7 Å². The van der Waals surface area contributed by atoms with E-state index in [9.17, 15) is 4.79 Å². The molecule has 22 heavy (non-hydrogen) atoms. The summed E-state index contributed by atoms with van der Waals surface area (Å²) < 4.78 is 11.1. The molecule has 0 spiro atoms. The fourth-order valence-corrected chi connectivity index (χ4v) is 3.24. The average Bonchev–Trinajstić information content (AvgIpc) is 2.96. The van der Waals surface area contributed by atoms with Crippen molar-refractivity contribution in [3.05, 3.63) is 40.1 Å². The van der Waals surface area contributed by atoms with E-state index in [4.69, 9.17) is 15.2 Å². The Bertz CT molecular complexity index is 684. The van der Waals surface area contributed by atoms with Crippen LogP contribution in [0.5, 0.6) is 11.5 Å². The highest BCUT2D eigenvalue weighted by atomic mass is 32.1. The highest BCUT2D eigenvalue weighted by molar-refractivity contribution is 7.11. The Balaban J connectivity index is 1.90. The van der Waals surface area contributed by atoms with E-state index in [1.54, 1.807) is 16.2 Å². The molecule has 0 unspecified atom stereocenters. The number of hydrogen-bond acceptors (Lipinski definition) is 5. The molecular formula is C16H18N2O3S. The van der Waals surface area contributed by atoms with Gasteiger partial charge in [-0.25, -0.2) is 0 Å². The van der Waals surface area contributed by atoms with E-state index in [0.29, 0.717) is 31.3 Å². The molecule has 2 heterocycles. The summed E-state index contributed by atoms with van der Waals surface area (Å²) in [7, 11) is 0. The van der Waals surface area contributed by atoms with E-state index >= 15 is 0 Å². The summed E-state index contributed by atoms with van der Waals surface area (Å²) >= 11 is 1.68. The Morgan fingerprint density at radius 2 is 2.00 bits per heavy atom. The summed E-state index contributed by atoms with van der Waals surface area (Å²) in [6.07, 6.45) is 0. The van der Waals surface area contributed by atoms with Gasteiger partial charge in [-0.3, -0.25) is 4.79 Å². The van der Waals surface area contributed by atoms with Crippen molar-refractivity contribution in [1.82, 2.24) is 0 Å². The standard InChI is InChI=1S/C16H18N2O3S/c1-11-2-4-13(22-11)10-18(16(19)9-17)12-3-5-14-15(8-12)21-7-6-20-14/h2-5,8H,6-7,9-10,17H2,1H3. The smallest absolute Gasteiger partial charge is 0.241 e. The van der Waals surface area contributed by atoms with Crippen molar-refractivity contribution in [2.24, 2.45) is 5.73 Å². The highest BCUT2D eigenvalue weighted by Crippen LogP contribution is 2.34. The van der Waals surface area contributed by atoms with Crippen LogP contribution >= 0.6 is 11.3 Å². The maximum absolute atomic E-state index is 12.2. The lowest BCUT2D eigenvalue weighted by Crippen LogP contribution is -2.35. The lowest BCUT2D eigenvalue weighted by Gasteiger charge is -2.24. The van der Waals surface area contributed by atoms with Gasteiger partial charge in [-0.05, 0) is 31.2 Å². The Morgan fingerprint density at radius 3 is 2.68 bits per heavy atom. The molecule has 2 aromatic rings. The van der Waals surface area contributed by atoms with Gasteiger partial charge in [0.15, 0.2) is 11.5 Å². The van der Waals surface area contributed by atoms with Crippen LogP contribution in [-0.2, 0) is 11.3 Å². The first-order chi connectivity index (χ1) is 10.7. The Hall–Kier alpha value is -2.05. The first-order valence-electron chi connectivity index (χ1n) is 7.13. The normalized spacial score (nSPS) is 13.0. The SMILES string of the molecule is Cc1ccc(CN(C(=O)CN)c2ccc3c(c2)OCCO3)s1. The maximum atomic E-state index is 12.2. The van der Waals surface area contributed by atoms with E-state index in [1.165, 1.54) is 4.88 Å². The maximum Gasteiger partial charge on any atom is 0.241 e. The van der Waals surface area contributed by atoms with E-state index in [0.717, 1.165) is 10.6 Å². The molecule has 116 valence electrons. The van der Waals surface area contributed by atoms with Crippen LogP contribution in [0, 0.1) is 6.92 Å². The highest BCUT2D eigenvalue weighted by Gasteiger charge is 2.19. The monoisotopic (exact) mass is 318 g/mol. The van der Waals surface area contributed by atoms with Crippen molar-refractivity contribution in [1.29, 1.82) is 0 Å². The van der Waals surface area contributed by atoms with Crippen molar-refractivity contribution in [3.63, 3.8) is 0 Å². The molecule has 0 aliphatic carbocycles. The van der Waals surface area contributed by atoms with Crippen LogP contribution in [0.4, 0.5) is 5.69 Å². The van der Waals surface area contributed by atoms with Gasteiger partial charge in [-0.2, -0.15) is 0 Å². The van der Waals surface area contributed by atoms with Crippen molar-refractivity contribution in [3.8, 4) is 11.5 Å². The molecule has 6 heteroatoms. The number of fused-ring (bicyclic) bond motifs is 1. The van der Waals surface area contributed by atoms with Crippen LogP contribution in [-0.4, -0.2) is 25.7 Å². The minimum absolute atomic E-state index is 0.0290. The minimum atomic E-state index is -0.122. The number of aryl methyl sites for hydroxylation is 1. The number of ether oxygens (including phenoxy) is 2. The average molecular weight is 318 g/mol. The van der Waals surface area contributed by atoms with Crippen molar-refractivity contribution >= 4 is 22.9 Å². The summed E-state index contributed by atoms with van der Waals surface area (Å²) in [6, 6.07) is 9.62. The first kappa shape index (κ1) is 14.9. The van der Waals surface area contributed by atoms with E-state index < -0.39 is 0 Å². The van der Waals surface area contributed by atoms with Gasteiger partial charge < -0.3 is 20.1 Å². The van der Waals surface area contributed by atoms with Gasteiger partial charge in [-0.15, -0.1) is 11.3 Å². The molecule has 1 aliphatic rings. The number of hydrogen-bond donors (Lipinski definition) is 1. The number of carbonyl (C=O) groups excluding carboxylic acids is 1. The number of anilines is 1. The second-order valence-corrected chi connectivity index (χ2v) is 6.40. The number of carbonyl (C=O) groups is 1. The molecule has 1 amide bonds. The van der Waals surface area contributed by atoms with Gasteiger partial charge in [0.05, 0.1) is 13.1 Å². The number of rotatable bonds is 4. The van der Waals surface area contributed by atoms with Gasteiger partial charge in [0.2, 0.25) is 5.91 Å². The van der Waals surface area contributed by atoms with E-state index in [-0.39, 0.29) is 12.5 Å². The van der Waals surface area contributed by atoms with Crippen LogP contribution in [0.1, 0.15) is 9.75 Å². The third kappa shape index (κ3) is 3.08. The predicted octanol–water partition coefficient (Wildman–Crippen LogP) is 2.32. The predicted molar refractivity (Wildman–Crippen MR) is 86.7 cm³/mol. The molecule has 2 N–H and O–H groups in total. The molecule has 1 aromatic carbocycles. The summed E-state index contributed by atoms with van der Waals surface area (Å²) in [6.45, 7) is 3.60. The van der Waals surface area contributed by atoms with Crippen LogP contribution in [0.2, 0.25) is 0 Å². The van der Waals surface area contributed by atoms with Crippen molar-refractivity contribution in [2.45, 2.75) is 13.5 Å². The Morgan fingerprint density at radius 1 is 1.23 bits per heavy atom. The second kappa shape index (κ2) is 6.37. The molecule has 1 aromatic heterocycles. The number of benzene rings is 1. The lowest BCUT2D eigenvalue weighted by atomic mass is 10.2. The largest absolute Gasteiger partial charge is 0.486 e. The molecular weight excluding hydrogens is 300 g/mol. The van der Waals surface area contributed by atoms with E-state index in [2.05, 4.69) is 6.07 Å². The fourth-order valence-electron chi connectivity index (χ4n) is 2.36. The van der Waals surface area contributed by atoms with Crippen molar-refractivity contribution < 1.29 is 14.3 Å². The molecule has 0 bridgehead atoms. The van der Waals surface area contributed by atoms with Gasteiger partial charge in [0.1, 0.15) is 13.2 Å². The van der Waals surface area contributed by atoms with Gasteiger partial charge in [0, 0.05) is 21.5 Å². The van der Waals surface area contributed by atoms with Gasteiger partial charge >= 0.3 is 0 Å². The number of nitrogens with zero attached hydrogens (tertiary/aromatic N) is 1. The molecule has 5 nitrogen and oxygen atoms in total. The molecule has 3 rings (SSSR count). The summed E-state index contributed by atoms with van der Waals surface area (Å²) in [5.41, 5.74) is 6.33. The topological polar surface area (TPSA) is 64.8 Å². The Labute approximate surface area is 133 Å². The van der Waals surface area contributed by atoms with Gasteiger partial charge in [0.25, 0.3) is 0 Å². The van der Waals surface area contributed by atoms with E-state index in [1.807, 2.05) is 31.2 Å². The molecule has 0 fully saturated rings. The molecule has 0 radical (unpaired) electrons. The number of amides is 1. The summed E-state index contributed by atoms with van der Waals surface area (Å²) in [5, 5.41) is 0. The summed E-state index contributed by atoms with van der Waals surface area (Å²) in [4.78, 5) is 16.2. The molecule has 0 saturated carbocycles. The molecule has 0 saturated heterocycles. The quantitative estimate of drug-likeness (QED) is 0.939. The zero-order chi connectivity index (χ0) is 15.5. The first-order valence-corrected chi connectivity index (χ1v) is 7.94.